The molecule has 0 radical (unpaired) electrons. The molecule has 0 N–H and O–H groups in total. The molecule has 0 aromatic carbocycles. The summed E-state index contributed by atoms with van der Waals surface area (Å²) in [5.41, 5.74) is 1.62. The van der Waals surface area contributed by atoms with Crippen LogP contribution >= 0.6 is 0 Å². The second-order valence-corrected chi connectivity index (χ2v) is 5.80. The molecular formula is C14H25NO. The highest BCUT2D eigenvalue weighted by Crippen LogP contribution is 2.41. The van der Waals surface area contributed by atoms with Crippen LogP contribution in [-0.4, -0.2) is 22.7 Å². The molecular weight excluding hydrogens is 198 g/mol. The second-order valence-electron chi connectivity index (χ2n) is 5.80. The summed E-state index contributed by atoms with van der Waals surface area (Å²) in [5, 5.41) is 2.15. The summed E-state index contributed by atoms with van der Waals surface area (Å²) < 4.78 is 0. The van der Waals surface area contributed by atoms with Crippen molar-refractivity contribution in [3.05, 3.63) is 24.3 Å². The zero-order valence-electron chi connectivity index (χ0n) is 11.3. The second kappa shape index (κ2) is 4.72. The monoisotopic (exact) mass is 223 g/mol. The zero-order valence-corrected chi connectivity index (χ0v) is 11.3. The van der Waals surface area contributed by atoms with Crippen LogP contribution in [-0.2, 0) is 4.84 Å². The molecule has 1 fully saturated rings. The van der Waals surface area contributed by atoms with Crippen molar-refractivity contribution in [1.82, 2.24) is 5.06 Å². The molecule has 0 aromatic heterocycles. The van der Waals surface area contributed by atoms with Gasteiger partial charge in [-0.05, 0) is 47.5 Å². The van der Waals surface area contributed by atoms with Gasteiger partial charge in [-0.1, -0.05) is 17.7 Å². The van der Waals surface area contributed by atoms with Crippen LogP contribution in [0.4, 0.5) is 0 Å². The van der Waals surface area contributed by atoms with Crippen LogP contribution in [0, 0.1) is 0 Å². The predicted octanol–water partition coefficient (Wildman–Crippen LogP) is 3.70. The molecule has 0 unspecified atom stereocenters. The Kier molecular flexibility index (Phi) is 3.97. The van der Waals surface area contributed by atoms with Gasteiger partial charge < -0.3 is 0 Å². The highest BCUT2D eigenvalue weighted by atomic mass is 16.7. The number of hydrogen-bond acceptors (Lipinski definition) is 2. The van der Waals surface area contributed by atoms with Crippen molar-refractivity contribution in [1.29, 1.82) is 0 Å². The van der Waals surface area contributed by atoms with Gasteiger partial charge in [0.25, 0.3) is 0 Å². The Bertz CT molecular complexity index is 269. The van der Waals surface area contributed by atoms with Gasteiger partial charge >= 0.3 is 0 Å². The minimum absolute atomic E-state index is 0.0482. The minimum Gasteiger partial charge on any atom is -0.294 e. The van der Waals surface area contributed by atoms with Crippen LogP contribution in [0.5, 0.6) is 0 Å². The molecule has 16 heavy (non-hydrogen) atoms. The van der Waals surface area contributed by atoms with Crippen LogP contribution in [0.1, 0.15) is 47.5 Å². The summed E-state index contributed by atoms with van der Waals surface area (Å²) in [7, 11) is 0. The Morgan fingerprint density at radius 3 is 2.12 bits per heavy atom. The van der Waals surface area contributed by atoms with E-state index in [0.717, 1.165) is 12.8 Å². The Hall–Kier alpha value is -0.600. The van der Waals surface area contributed by atoms with Crippen LogP contribution < -0.4 is 0 Å². The predicted molar refractivity (Wildman–Crippen MR) is 69.1 cm³/mol. The normalized spacial score (nSPS) is 24.2. The summed E-state index contributed by atoms with van der Waals surface area (Å²) in [4.78, 5) is 5.84. The van der Waals surface area contributed by atoms with E-state index in [-0.39, 0.29) is 11.1 Å². The topological polar surface area (TPSA) is 12.5 Å². The number of allylic oxidation sites excluding steroid dienone is 1. The van der Waals surface area contributed by atoms with Gasteiger partial charge in [-0.2, -0.15) is 5.06 Å². The van der Waals surface area contributed by atoms with Crippen LogP contribution in [0.25, 0.3) is 0 Å². The standard InChI is InChI=1S/C14H25NO/c1-7-9-16-15-13(3,4)10-12(8-2)11-14(15,5)6/h7-8H,1,9-11H2,2-6H3. The number of piperidine rings is 1. The molecule has 2 heteroatoms. The van der Waals surface area contributed by atoms with E-state index < -0.39 is 0 Å². The molecule has 1 aliphatic heterocycles. The Morgan fingerprint density at radius 2 is 1.75 bits per heavy atom. The minimum atomic E-state index is 0.0482. The molecule has 0 spiro atoms. The van der Waals surface area contributed by atoms with Crippen molar-refractivity contribution in [3.8, 4) is 0 Å². The van der Waals surface area contributed by atoms with Crippen molar-refractivity contribution in [3.63, 3.8) is 0 Å². The molecule has 0 bridgehead atoms. The average Bonchev–Trinajstić information content (AvgIpc) is 2.14. The largest absolute Gasteiger partial charge is 0.294 e. The van der Waals surface area contributed by atoms with Crippen molar-refractivity contribution < 1.29 is 4.84 Å². The Morgan fingerprint density at radius 1 is 1.25 bits per heavy atom. The lowest BCUT2D eigenvalue weighted by atomic mass is 9.79. The molecule has 0 saturated carbocycles. The van der Waals surface area contributed by atoms with Crippen molar-refractivity contribution >= 4 is 0 Å². The van der Waals surface area contributed by atoms with E-state index in [4.69, 9.17) is 4.84 Å². The molecule has 0 atom stereocenters. The lowest BCUT2D eigenvalue weighted by molar-refractivity contribution is -0.266. The highest BCUT2D eigenvalue weighted by molar-refractivity contribution is 5.15. The smallest absolute Gasteiger partial charge is 0.0864 e. The van der Waals surface area contributed by atoms with E-state index in [1.54, 1.807) is 6.08 Å². The summed E-state index contributed by atoms with van der Waals surface area (Å²) in [6, 6.07) is 0. The van der Waals surface area contributed by atoms with Gasteiger partial charge in [0.2, 0.25) is 0 Å². The third-order valence-corrected chi connectivity index (χ3v) is 3.15. The fraction of sp³-hybridized carbons (Fsp3) is 0.714. The number of rotatable bonds is 3. The van der Waals surface area contributed by atoms with E-state index in [1.807, 2.05) is 0 Å². The van der Waals surface area contributed by atoms with Gasteiger partial charge in [-0.15, -0.1) is 6.58 Å². The summed E-state index contributed by atoms with van der Waals surface area (Å²) in [6.07, 6.45) is 6.19. The molecule has 1 heterocycles. The molecule has 2 nitrogen and oxygen atoms in total. The fourth-order valence-electron chi connectivity index (χ4n) is 2.82. The number of hydroxylamine groups is 2. The molecule has 0 aliphatic carbocycles. The first-order valence-electron chi connectivity index (χ1n) is 6.02. The van der Waals surface area contributed by atoms with Crippen molar-refractivity contribution in [2.24, 2.45) is 0 Å². The van der Waals surface area contributed by atoms with Crippen LogP contribution in [0.3, 0.4) is 0 Å². The first-order chi connectivity index (χ1) is 7.33. The van der Waals surface area contributed by atoms with Gasteiger partial charge in [-0.3, -0.25) is 4.84 Å². The van der Waals surface area contributed by atoms with Gasteiger partial charge in [0.05, 0.1) is 6.61 Å². The van der Waals surface area contributed by atoms with E-state index in [0.29, 0.717) is 6.61 Å². The Balaban J connectivity index is 2.91. The zero-order chi connectivity index (χ0) is 12.4. The van der Waals surface area contributed by atoms with E-state index in [9.17, 15) is 0 Å². The lowest BCUT2D eigenvalue weighted by Crippen LogP contribution is -2.58. The molecule has 1 saturated heterocycles. The van der Waals surface area contributed by atoms with Crippen molar-refractivity contribution in [2.75, 3.05) is 6.61 Å². The maximum atomic E-state index is 5.84. The van der Waals surface area contributed by atoms with E-state index in [2.05, 4.69) is 52.3 Å². The quantitative estimate of drug-likeness (QED) is 0.676. The van der Waals surface area contributed by atoms with E-state index in [1.165, 1.54) is 5.57 Å². The van der Waals surface area contributed by atoms with Gasteiger partial charge in [0.15, 0.2) is 0 Å². The number of nitrogens with zero attached hydrogens (tertiary/aromatic N) is 1. The molecule has 0 amide bonds. The molecule has 92 valence electrons. The van der Waals surface area contributed by atoms with E-state index >= 15 is 0 Å². The third kappa shape index (κ3) is 2.74. The maximum Gasteiger partial charge on any atom is 0.0864 e. The SMILES string of the molecule is C=CCON1C(C)(C)CC(=CC)CC1(C)C. The molecule has 1 rings (SSSR count). The maximum absolute atomic E-state index is 5.84. The van der Waals surface area contributed by atoms with Gasteiger partial charge in [0, 0.05) is 11.1 Å². The highest BCUT2D eigenvalue weighted by Gasteiger charge is 2.44. The van der Waals surface area contributed by atoms with Crippen LogP contribution in [0.2, 0.25) is 0 Å². The summed E-state index contributed by atoms with van der Waals surface area (Å²) >= 11 is 0. The molecule has 1 aliphatic rings. The summed E-state index contributed by atoms with van der Waals surface area (Å²) in [6.45, 7) is 15.4. The van der Waals surface area contributed by atoms with Crippen molar-refractivity contribution in [2.45, 2.75) is 58.5 Å². The number of hydrogen-bond donors (Lipinski definition) is 0. The van der Waals surface area contributed by atoms with Gasteiger partial charge in [-0.25, -0.2) is 0 Å². The lowest BCUT2D eigenvalue weighted by Gasteiger charge is -2.52. The first-order valence-corrected chi connectivity index (χ1v) is 6.02. The Labute approximate surface area is 99.9 Å². The fourth-order valence-corrected chi connectivity index (χ4v) is 2.82. The third-order valence-electron chi connectivity index (χ3n) is 3.15. The van der Waals surface area contributed by atoms with Crippen LogP contribution in [0.15, 0.2) is 24.3 Å². The van der Waals surface area contributed by atoms with Gasteiger partial charge in [0.1, 0.15) is 0 Å². The summed E-state index contributed by atoms with van der Waals surface area (Å²) in [5.74, 6) is 0. The first kappa shape index (κ1) is 13.5. The average molecular weight is 223 g/mol. The molecule has 0 aromatic rings.